The normalized spacial score (nSPS) is 10.9. The molecule has 28 heavy (non-hydrogen) atoms. The van der Waals surface area contributed by atoms with Crippen LogP contribution in [0.3, 0.4) is 0 Å². The van der Waals surface area contributed by atoms with Crippen molar-refractivity contribution in [3.05, 3.63) is 53.9 Å². The van der Waals surface area contributed by atoms with Crippen LogP contribution in [0, 0.1) is 11.6 Å². The molecule has 0 bridgehead atoms. The number of imidazole rings is 1. The van der Waals surface area contributed by atoms with Crippen molar-refractivity contribution in [3.8, 4) is 0 Å². The van der Waals surface area contributed by atoms with E-state index >= 15 is 0 Å². The summed E-state index contributed by atoms with van der Waals surface area (Å²) in [4.78, 5) is 28.5. The van der Waals surface area contributed by atoms with E-state index in [1.807, 2.05) is 30.5 Å². The van der Waals surface area contributed by atoms with Crippen LogP contribution in [0.4, 0.5) is 20.2 Å². The lowest BCUT2D eigenvalue weighted by molar-refractivity contribution is -0.117. The third-order valence-corrected chi connectivity index (χ3v) is 4.50. The maximum Gasteiger partial charge on any atom is 0.244 e. The highest BCUT2D eigenvalue weighted by Gasteiger charge is 2.16. The first-order valence-corrected chi connectivity index (χ1v) is 9.78. The Kier molecular flexibility index (Phi) is 5.93. The molecule has 6 nitrogen and oxygen atoms in total. The van der Waals surface area contributed by atoms with Gasteiger partial charge in [0.2, 0.25) is 11.8 Å². The van der Waals surface area contributed by atoms with Crippen LogP contribution in [0.25, 0.3) is 11.0 Å². The Bertz CT molecular complexity index is 1050. The van der Waals surface area contributed by atoms with Crippen molar-refractivity contribution >= 4 is 46.0 Å². The van der Waals surface area contributed by atoms with E-state index in [0.29, 0.717) is 5.75 Å². The molecule has 1 heterocycles. The molecule has 0 aliphatic heterocycles. The molecule has 9 heteroatoms. The number of nitrogens with one attached hydrogen (secondary N) is 2. The maximum absolute atomic E-state index is 13.6. The van der Waals surface area contributed by atoms with Crippen LogP contribution >= 0.6 is 11.8 Å². The second-order valence-electron chi connectivity index (χ2n) is 6.08. The highest BCUT2D eigenvalue weighted by molar-refractivity contribution is 7.97. The van der Waals surface area contributed by atoms with Gasteiger partial charge >= 0.3 is 0 Å². The number of anilines is 2. The first-order valence-electron chi connectivity index (χ1n) is 8.38. The lowest BCUT2D eigenvalue weighted by atomic mass is 10.2. The molecule has 0 saturated carbocycles. The fraction of sp³-hybridized carbons (Fsp3) is 0.211. The molecule has 2 aromatic carbocycles. The van der Waals surface area contributed by atoms with Gasteiger partial charge in [-0.15, -0.1) is 0 Å². The number of fused-ring (bicyclic) bond motifs is 1. The third-order valence-electron chi connectivity index (χ3n) is 3.95. The van der Waals surface area contributed by atoms with Gasteiger partial charge in [0, 0.05) is 19.1 Å². The van der Waals surface area contributed by atoms with E-state index in [1.54, 1.807) is 16.3 Å². The molecule has 0 saturated heterocycles. The number of rotatable bonds is 6. The average Bonchev–Trinajstić information content (AvgIpc) is 2.97. The zero-order chi connectivity index (χ0) is 20.3. The molecule has 0 fully saturated rings. The lowest BCUT2D eigenvalue weighted by Gasteiger charge is -2.13. The number of benzene rings is 2. The van der Waals surface area contributed by atoms with E-state index in [1.165, 1.54) is 6.92 Å². The van der Waals surface area contributed by atoms with Gasteiger partial charge in [-0.25, -0.2) is 13.8 Å². The van der Waals surface area contributed by atoms with Crippen molar-refractivity contribution < 1.29 is 18.4 Å². The molecule has 146 valence electrons. The minimum Gasteiger partial charge on any atom is -0.324 e. The fourth-order valence-electron chi connectivity index (χ4n) is 2.82. The molecule has 0 aliphatic carbocycles. The molecule has 0 atom stereocenters. The number of carbonyl (C=O) groups is 2. The highest BCUT2D eigenvalue weighted by Crippen LogP contribution is 2.26. The van der Waals surface area contributed by atoms with Crippen LogP contribution in [0.1, 0.15) is 12.7 Å². The second kappa shape index (κ2) is 8.39. The summed E-state index contributed by atoms with van der Waals surface area (Å²) < 4.78 is 28.9. The van der Waals surface area contributed by atoms with Crippen molar-refractivity contribution in [3.63, 3.8) is 0 Å². The van der Waals surface area contributed by atoms with Crippen LogP contribution in [-0.4, -0.2) is 27.6 Å². The van der Waals surface area contributed by atoms with E-state index in [2.05, 4.69) is 15.6 Å². The van der Waals surface area contributed by atoms with Crippen molar-refractivity contribution in [1.29, 1.82) is 0 Å². The minimum absolute atomic E-state index is 0.0143. The van der Waals surface area contributed by atoms with Crippen molar-refractivity contribution in [2.24, 2.45) is 0 Å². The van der Waals surface area contributed by atoms with Crippen LogP contribution in [0.15, 0.2) is 36.4 Å². The van der Waals surface area contributed by atoms with E-state index < -0.39 is 23.4 Å². The Balaban J connectivity index is 1.89. The Morgan fingerprint density at radius 3 is 2.39 bits per heavy atom. The number of aromatic nitrogens is 2. The molecule has 0 radical (unpaired) electrons. The summed E-state index contributed by atoms with van der Waals surface area (Å²) in [5, 5.41) is 4.92. The first kappa shape index (κ1) is 19.8. The Morgan fingerprint density at radius 1 is 1.11 bits per heavy atom. The minimum atomic E-state index is -1.12. The number of para-hydroxylation sites is 2. The SMILES string of the molecule is CSCc1nc2ccccc2n1CC(=O)Nc1cc(F)c(F)cc1NC(C)=O. The third kappa shape index (κ3) is 4.30. The molecule has 2 N–H and O–H groups in total. The van der Waals surface area contributed by atoms with Crippen LogP contribution < -0.4 is 10.6 Å². The number of thioether (sulfide) groups is 1. The summed E-state index contributed by atoms with van der Waals surface area (Å²) in [5.74, 6) is -1.82. The summed E-state index contributed by atoms with van der Waals surface area (Å²) in [7, 11) is 0. The van der Waals surface area contributed by atoms with Crippen LogP contribution in [0.5, 0.6) is 0 Å². The Morgan fingerprint density at radius 2 is 1.75 bits per heavy atom. The Hall–Kier alpha value is -2.94. The number of hydrogen-bond donors (Lipinski definition) is 2. The molecule has 0 unspecified atom stereocenters. The van der Waals surface area contributed by atoms with Crippen molar-refractivity contribution in [2.45, 2.75) is 19.2 Å². The number of halogens is 2. The molecular weight excluding hydrogens is 386 g/mol. The van der Waals surface area contributed by atoms with Gasteiger partial charge in [0.05, 0.1) is 28.2 Å². The number of carbonyl (C=O) groups excluding carboxylic acids is 2. The van der Waals surface area contributed by atoms with E-state index in [0.717, 1.165) is 29.0 Å². The zero-order valence-corrected chi connectivity index (χ0v) is 16.1. The molecule has 3 rings (SSSR count). The van der Waals surface area contributed by atoms with Crippen molar-refractivity contribution in [1.82, 2.24) is 9.55 Å². The number of hydrogen-bond acceptors (Lipinski definition) is 4. The van der Waals surface area contributed by atoms with Gasteiger partial charge < -0.3 is 15.2 Å². The van der Waals surface area contributed by atoms with Crippen LogP contribution in [0.2, 0.25) is 0 Å². The van der Waals surface area contributed by atoms with E-state index in [-0.39, 0.29) is 17.9 Å². The van der Waals surface area contributed by atoms with E-state index in [9.17, 15) is 18.4 Å². The molecule has 0 aliphatic rings. The van der Waals surface area contributed by atoms with Gasteiger partial charge in [0.15, 0.2) is 11.6 Å². The maximum atomic E-state index is 13.6. The summed E-state index contributed by atoms with van der Waals surface area (Å²) in [5.41, 5.74) is 1.54. The largest absolute Gasteiger partial charge is 0.324 e. The van der Waals surface area contributed by atoms with Gasteiger partial charge in [-0.3, -0.25) is 9.59 Å². The smallest absolute Gasteiger partial charge is 0.244 e. The first-order chi connectivity index (χ1) is 13.4. The predicted molar refractivity (Wildman–Crippen MR) is 106 cm³/mol. The van der Waals surface area contributed by atoms with Gasteiger partial charge in [-0.05, 0) is 18.4 Å². The quantitative estimate of drug-likeness (QED) is 0.656. The molecule has 1 aromatic heterocycles. The van der Waals surface area contributed by atoms with Gasteiger partial charge in [-0.1, -0.05) is 12.1 Å². The molecule has 0 spiro atoms. The van der Waals surface area contributed by atoms with Gasteiger partial charge in [0.25, 0.3) is 0 Å². The Labute approximate surface area is 164 Å². The average molecular weight is 404 g/mol. The molecule has 2 amide bonds. The standard InChI is InChI=1S/C19H18F2N4O2S/c1-11(26)22-15-7-12(20)13(21)8-16(15)24-19(27)9-25-17-6-4-3-5-14(17)23-18(25)10-28-2/h3-8H,9-10H2,1-2H3,(H,22,26)(H,24,27). The van der Waals surface area contributed by atoms with Gasteiger partial charge in [-0.2, -0.15) is 11.8 Å². The van der Waals surface area contributed by atoms with E-state index in [4.69, 9.17) is 0 Å². The topological polar surface area (TPSA) is 76.0 Å². The highest BCUT2D eigenvalue weighted by atomic mass is 32.2. The second-order valence-corrected chi connectivity index (χ2v) is 6.94. The fourth-order valence-corrected chi connectivity index (χ4v) is 3.30. The monoisotopic (exact) mass is 404 g/mol. The van der Waals surface area contributed by atoms with Crippen LogP contribution in [-0.2, 0) is 21.9 Å². The van der Waals surface area contributed by atoms with Crippen molar-refractivity contribution in [2.75, 3.05) is 16.9 Å². The summed E-state index contributed by atoms with van der Waals surface area (Å²) >= 11 is 1.57. The predicted octanol–water partition coefficient (Wildman–Crippen LogP) is 3.77. The summed E-state index contributed by atoms with van der Waals surface area (Å²) in [6.45, 7) is 1.17. The summed E-state index contributed by atoms with van der Waals surface area (Å²) in [6, 6.07) is 9.11. The summed E-state index contributed by atoms with van der Waals surface area (Å²) in [6.07, 6.45) is 1.94. The number of amides is 2. The molecule has 3 aromatic rings. The number of nitrogens with zero attached hydrogens (tertiary/aromatic N) is 2. The zero-order valence-electron chi connectivity index (χ0n) is 15.3. The molecular formula is C19H18F2N4O2S. The van der Waals surface area contributed by atoms with Gasteiger partial charge in [0.1, 0.15) is 12.4 Å². The lowest BCUT2D eigenvalue weighted by Crippen LogP contribution is -2.21.